The lowest BCUT2D eigenvalue weighted by Gasteiger charge is -2.15. The van der Waals surface area contributed by atoms with E-state index in [1.165, 1.54) is 5.56 Å². The van der Waals surface area contributed by atoms with Crippen molar-refractivity contribution in [3.8, 4) is 0 Å². The van der Waals surface area contributed by atoms with Crippen molar-refractivity contribution in [3.63, 3.8) is 0 Å². The summed E-state index contributed by atoms with van der Waals surface area (Å²) in [5.41, 5.74) is 3.18. The molecule has 0 radical (unpaired) electrons. The summed E-state index contributed by atoms with van der Waals surface area (Å²) in [6, 6.07) is 5.87. The van der Waals surface area contributed by atoms with Crippen molar-refractivity contribution in [3.05, 3.63) is 34.9 Å². The van der Waals surface area contributed by atoms with Crippen molar-refractivity contribution in [1.82, 2.24) is 4.90 Å². The Bertz CT molecular complexity index is 401. The summed E-state index contributed by atoms with van der Waals surface area (Å²) in [4.78, 5) is 14.1. The van der Waals surface area contributed by atoms with Gasteiger partial charge in [-0.15, -0.1) is 0 Å². The Hall–Kier alpha value is -1.19. The molecule has 0 aromatic heterocycles. The molecule has 0 saturated carbocycles. The highest BCUT2D eigenvalue weighted by molar-refractivity contribution is 5.97. The number of benzene rings is 1. The van der Waals surface area contributed by atoms with Crippen LogP contribution in [0.3, 0.4) is 0 Å². The second kappa shape index (κ2) is 7.29. The third-order valence-electron chi connectivity index (χ3n) is 3.06. The van der Waals surface area contributed by atoms with Gasteiger partial charge >= 0.3 is 0 Å². The molecule has 0 unspecified atom stereocenters. The van der Waals surface area contributed by atoms with Crippen molar-refractivity contribution in [2.24, 2.45) is 0 Å². The van der Waals surface area contributed by atoms with Crippen LogP contribution in [0.15, 0.2) is 18.2 Å². The molecule has 0 atom stereocenters. The lowest BCUT2D eigenvalue weighted by Crippen LogP contribution is -2.29. The van der Waals surface area contributed by atoms with Gasteiger partial charge < -0.3 is 4.74 Å². The summed E-state index contributed by atoms with van der Waals surface area (Å²) in [5, 5.41) is 0. The molecule has 0 heterocycles. The molecule has 0 bridgehead atoms. The van der Waals surface area contributed by atoms with Crippen LogP contribution in [0.1, 0.15) is 28.4 Å². The predicted octanol–water partition coefficient (Wildman–Crippen LogP) is 2.45. The van der Waals surface area contributed by atoms with E-state index in [0.717, 1.165) is 24.3 Å². The molecule has 0 N–H and O–H groups in total. The number of hydrogen-bond acceptors (Lipinski definition) is 3. The maximum Gasteiger partial charge on any atom is 0.176 e. The standard InChI is InChI=1S/C15H23NO2/c1-5-18-9-8-16(4)11-15(17)14-7-6-12(2)13(3)10-14/h6-7,10H,5,8-9,11H2,1-4H3. The van der Waals surface area contributed by atoms with Crippen LogP contribution >= 0.6 is 0 Å². The van der Waals surface area contributed by atoms with Gasteiger partial charge in [-0.2, -0.15) is 0 Å². The first-order valence-electron chi connectivity index (χ1n) is 6.41. The number of likely N-dealkylation sites (N-methyl/N-ethyl adjacent to an activating group) is 1. The molecular formula is C15H23NO2. The quantitative estimate of drug-likeness (QED) is 0.549. The number of ketones is 1. The van der Waals surface area contributed by atoms with E-state index in [4.69, 9.17) is 4.74 Å². The largest absolute Gasteiger partial charge is 0.380 e. The zero-order chi connectivity index (χ0) is 13.5. The van der Waals surface area contributed by atoms with E-state index in [1.807, 2.05) is 44.0 Å². The monoisotopic (exact) mass is 249 g/mol. The molecule has 0 fully saturated rings. The number of hydrogen-bond donors (Lipinski definition) is 0. The van der Waals surface area contributed by atoms with Gasteiger partial charge in [0, 0.05) is 18.7 Å². The highest BCUT2D eigenvalue weighted by Crippen LogP contribution is 2.10. The zero-order valence-electron chi connectivity index (χ0n) is 11.8. The number of carbonyl (C=O) groups excluding carboxylic acids is 1. The van der Waals surface area contributed by atoms with Crippen LogP contribution in [0.5, 0.6) is 0 Å². The van der Waals surface area contributed by atoms with Crippen molar-refractivity contribution < 1.29 is 9.53 Å². The summed E-state index contributed by atoms with van der Waals surface area (Å²) >= 11 is 0. The first kappa shape index (κ1) is 14.9. The van der Waals surface area contributed by atoms with Crippen LogP contribution in [-0.2, 0) is 4.74 Å². The zero-order valence-corrected chi connectivity index (χ0v) is 11.8. The molecule has 0 aliphatic heterocycles. The molecule has 0 aliphatic rings. The summed E-state index contributed by atoms with van der Waals surface area (Å²) in [6.45, 7) is 8.68. The minimum Gasteiger partial charge on any atom is -0.380 e. The molecule has 0 spiro atoms. The smallest absolute Gasteiger partial charge is 0.176 e. The van der Waals surface area contributed by atoms with Crippen molar-refractivity contribution in [2.75, 3.05) is 33.4 Å². The van der Waals surface area contributed by atoms with E-state index in [9.17, 15) is 4.79 Å². The second-order valence-corrected chi connectivity index (χ2v) is 4.66. The second-order valence-electron chi connectivity index (χ2n) is 4.66. The molecule has 1 aromatic carbocycles. The first-order valence-corrected chi connectivity index (χ1v) is 6.41. The Morgan fingerprint density at radius 1 is 1.28 bits per heavy atom. The number of Topliss-reactive ketones (excluding diaryl/α,β-unsaturated/α-hetero) is 1. The van der Waals surface area contributed by atoms with E-state index < -0.39 is 0 Å². The number of carbonyl (C=O) groups is 1. The van der Waals surface area contributed by atoms with Crippen molar-refractivity contribution in [2.45, 2.75) is 20.8 Å². The van der Waals surface area contributed by atoms with Crippen molar-refractivity contribution >= 4 is 5.78 Å². The average Bonchev–Trinajstić information content (AvgIpc) is 2.33. The Kier molecular flexibility index (Phi) is 6.02. The molecule has 1 rings (SSSR count). The van der Waals surface area contributed by atoms with E-state index >= 15 is 0 Å². The fraction of sp³-hybridized carbons (Fsp3) is 0.533. The molecule has 18 heavy (non-hydrogen) atoms. The van der Waals surface area contributed by atoms with Gasteiger partial charge in [0.2, 0.25) is 0 Å². The van der Waals surface area contributed by atoms with E-state index in [0.29, 0.717) is 13.2 Å². The summed E-state index contributed by atoms with van der Waals surface area (Å²) in [5.74, 6) is 0.164. The Labute approximate surface area is 110 Å². The van der Waals surface area contributed by atoms with Crippen LogP contribution in [0, 0.1) is 13.8 Å². The van der Waals surface area contributed by atoms with Gasteiger partial charge in [0.05, 0.1) is 13.2 Å². The molecule has 100 valence electrons. The lowest BCUT2D eigenvalue weighted by atomic mass is 10.0. The van der Waals surface area contributed by atoms with Crippen molar-refractivity contribution in [1.29, 1.82) is 0 Å². The molecule has 1 aromatic rings. The van der Waals surface area contributed by atoms with E-state index in [1.54, 1.807) is 0 Å². The van der Waals surface area contributed by atoms with Gasteiger partial charge in [-0.25, -0.2) is 0 Å². The van der Waals surface area contributed by atoms with E-state index in [-0.39, 0.29) is 5.78 Å². The molecule has 3 nitrogen and oxygen atoms in total. The van der Waals surface area contributed by atoms with Crippen LogP contribution in [0.4, 0.5) is 0 Å². The number of nitrogens with zero attached hydrogens (tertiary/aromatic N) is 1. The van der Waals surface area contributed by atoms with Gasteiger partial charge in [-0.05, 0) is 45.0 Å². The number of rotatable bonds is 7. The number of aryl methyl sites for hydroxylation is 2. The molecule has 0 saturated heterocycles. The molecule has 0 aliphatic carbocycles. The van der Waals surface area contributed by atoms with Gasteiger partial charge in [0.1, 0.15) is 0 Å². The van der Waals surface area contributed by atoms with Gasteiger partial charge in [-0.3, -0.25) is 9.69 Å². The van der Waals surface area contributed by atoms with Crippen LogP contribution in [-0.4, -0.2) is 44.0 Å². The van der Waals surface area contributed by atoms with Gasteiger partial charge in [-0.1, -0.05) is 12.1 Å². The molecule has 0 amide bonds. The highest BCUT2D eigenvalue weighted by Gasteiger charge is 2.09. The minimum absolute atomic E-state index is 0.164. The third kappa shape index (κ3) is 4.59. The Balaban J connectivity index is 2.51. The predicted molar refractivity (Wildman–Crippen MR) is 74.2 cm³/mol. The highest BCUT2D eigenvalue weighted by atomic mass is 16.5. The van der Waals surface area contributed by atoms with Crippen LogP contribution in [0.2, 0.25) is 0 Å². The molecule has 3 heteroatoms. The normalized spacial score (nSPS) is 10.9. The third-order valence-corrected chi connectivity index (χ3v) is 3.06. The Morgan fingerprint density at radius 2 is 2.00 bits per heavy atom. The van der Waals surface area contributed by atoms with Crippen LogP contribution < -0.4 is 0 Å². The Morgan fingerprint density at radius 3 is 2.61 bits per heavy atom. The maximum absolute atomic E-state index is 12.1. The lowest BCUT2D eigenvalue weighted by molar-refractivity contribution is 0.0896. The summed E-state index contributed by atoms with van der Waals surface area (Å²) < 4.78 is 5.27. The first-order chi connectivity index (χ1) is 8.54. The summed E-state index contributed by atoms with van der Waals surface area (Å²) in [6.07, 6.45) is 0. The summed E-state index contributed by atoms with van der Waals surface area (Å²) in [7, 11) is 1.94. The fourth-order valence-electron chi connectivity index (χ4n) is 1.70. The SMILES string of the molecule is CCOCCN(C)CC(=O)c1ccc(C)c(C)c1. The maximum atomic E-state index is 12.1. The topological polar surface area (TPSA) is 29.5 Å². The number of ether oxygens (including phenoxy) is 1. The van der Waals surface area contributed by atoms with Crippen LogP contribution in [0.25, 0.3) is 0 Å². The van der Waals surface area contributed by atoms with Gasteiger partial charge in [0.25, 0.3) is 0 Å². The minimum atomic E-state index is 0.164. The van der Waals surface area contributed by atoms with E-state index in [2.05, 4.69) is 6.92 Å². The fourth-order valence-corrected chi connectivity index (χ4v) is 1.70. The molecular weight excluding hydrogens is 226 g/mol. The van der Waals surface area contributed by atoms with Gasteiger partial charge in [0.15, 0.2) is 5.78 Å². The average molecular weight is 249 g/mol.